The van der Waals surface area contributed by atoms with Gasteiger partial charge in [0.05, 0.1) is 25.9 Å². The van der Waals surface area contributed by atoms with Crippen LogP contribution in [0.25, 0.3) is 0 Å². The number of hydrogen-bond acceptors (Lipinski definition) is 4. The lowest BCUT2D eigenvalue weighted by Gasteiger charge is -2.14. The Morgan fingerprint density at radius 1 is 0.455 bits per heavy atom. The Hall–Kier alpha value is -1.71. The smallest absolute Gasteiger partial charge is 0.337 e. The summed E-state index contributed by atoms with van der Waals surface area (Å²) in [6, 6.07) is 5.40. The lowest BCUT2D eigenvalue weighted by Crippen LogP contribution is -2.06. The van der Waals surface area contributed by atoms with Crippen LogP contribution >= 0.6 is 0 Å². The second-order valence-electron chi connectivity index (χ2n) is 13.0. The first kappa shape index (κ1) is 40.3. The van der Waals surface area contributed by atoms with E-state index in [1.165, 1.54) is 174 Å². The number of carbonyl (C=O) groups is 1. The molecule has 1 rings (SSSR count). The van der Waals surface area contributed by atoms with Crippen LogP contribution in [0.3, 0.4) is 0 Å². The number of hydrogen-bond donors (Lipinski definition) is 0. The monoisotopic (exact) mass is 617 g/mol. The van der Waals surface area contributed by atoms with Crippen LogP contribution < -0.4 is 9.47 Å². The first-order valence-corrected chi connectivity index (χ1v) is 19.2. The molecule has 0 heterocycles. The normalized spacial score (nSPS) is 11.2. The highest BCUT2D eigenvalue weighted by molar-refractivity contribution is 5.90. The van der Waals surface area contributed by atoms with Gasteiger partial charge in [-0.25, -0.2) is 4.79 Å². The number of esters is 1. The summed E-state index contributed by atoms with van der Waals surface area (Å²) in [7, 11) is 1.41. The summed E-state index contributed by atoms with van der Waals surface area (Å²) in [6.45, 7) is 5.90. The summed E-state index contributed by atoms with van der Waals surface area (Å²) in [4.78, 5) is 12.1. The standard InChI is InChI=1S/C40H72O4/c1-4-6-8-10-12-14-16-18-20-22-24-26-28-30-34-43-38-33-32-37(40(41)42-3)36-39(38)44-35-31-29-27-25-23-21-19-17-15-13-11-9-7-5-2/h32-33,36H,4-31,34-35H2,1-3H3. The quantitative estimate of drug-likeness (QED) is 0.0582. The summed E-state index contributed by atoms with van der Waals surface area (Å²) in [6.07, 6.45) is 37.7. The highest BCUT2D eigenvalue weighted by Crippen LogP contribution is 2.29. The van der Waals surface area contributed by atoms with Gasteiger partial charge in [0.1, 0.15) is 0 Å². The molecule has 0 aromatic heterocycles. The predicted octanol–water partition coefficient (Wildman–Crippen LogP) is 13.2. The maximum absolute atomic E-state index is 12.1. The molecule has 0 N–H and O–H groups in total. The molecule has 0 aliphatic carbocycles. The fourth-order valence-corrected chi connectivity index (χ4v) is 5.94. The van der Waals surface area contributed by atoms with Crippen LogP contribution in [0.1, 0.15) is 204 Å². The van der Waals surface area contributed by atoms with Gasteiger partial charge < -0.3 is 14.2 Å². The van der Waals surface area contributed by atoms with Crippen molar-refractivity contribution in [3.05, 3.63) is 23.8 Å². The Kier molecular flexibility index (Phi) is 28.7. The number of carbonyl (C=O) groups excluding carboxylic acids is 1. The zero-order valence-electron chi connectivity index (χ0n) is 29.6. The Balaban J connectivity index is 2.13. The van der Waals surface area contributed by atoms with E-state index in [2.05, 4.69) is 13.8 Å². The number of benzene rings is 1. The van der Waals surface area contributed by atoms with E-state index in [1.807, 2.05) is 6.07 Å². The molecule has 0 fully saturated rings. The Morgan fingerprint density at radius 2 is 0.773 bits per heavy atom. The molecular formula is C40H72O4. The van der Waals surface area contributed by atoms with Gasteiger partial charge in [-0.1, -0.05) is 181 Å². The van der Waals surface area contributed by atoms with E-state index in [1.54, 1.807) is 12.1 Å². The van der Waals surface area contributed by atoms with E-state index in [-0.39, 0.29) is 5.97 Å². The van der Waals surface area contributed by atoms with Crippen molar-refractivity contribution in [2.24, 2.45) is 0 Å². The summed E-state index contributed by atoms with van der Waals surface area (Å²) >= 11 is 0. The Bertz CT molecular complexity index is 762. The third kappa shape index (κ3) is 23.6. The lowest BCUT2D eigenvalue weighted by atomic mass is 10.0. The highest BCUT2D eigenvalue weighted by atomic mass is 16.5. The number of ether oxygens (including phenoxy) is 3. The van der Waals surface area contributed by atoms with Gasteiger partial charge in [-0.2, -0.15) is 0 Å². The average molecular weight is 617 g/mol. The van der Waals surface area contributed by atoms with Gasteiger partial charge in [0.2, 0.25) is 0 Å². The van der Waals surface area contributed by atoms with Crippen LogP contribution in [0.4, 0.5) is 0 Å². The van der Waals surface area contributed by atoms with Gasteiger partial charge in [-0.15, -0.1) is 0 Å². The van der Waals surface area contributed by atoms with Crippen molar-refractivity contribution in [2.75, 3.05) is 20.3 Å². The molecular weight excluding hydrogens is 544 g/mol. The van der Waals surface area contributed by atoms with Crippen LogP contribution in [-0.4, -0.2) is 26.3 Å². The van der Waals surface area contributed by atoms with Gasteiger partial charge in [-0.3, -0.25) is 0 Å². The molecule has 0 saturated carbocycles. The van der Waals surface area contributed by atoms with E-state index in [0.717, 1.165) is 18.6 Å². The summed E-state index contributed by atoms with van der Waals surface area (Å²) < 4.78 is 17.1. The molecule has 1 aromatic rings. The summed E-state index contributed by atoms with van der Waals surface area (Å²) in [5, 5.41) is 0. The van der Waals surface area contributed by atoms with Crippen LogP contribution in [0.15, 0.2) is 18.2 Å². The third-order valence-corrected chi connectivity index (χ3v) is 8.88. The molecule has 0 amide bonds. The fraction of sp³-hybridized carbons (Fsp3) is 0.825. The van der Waals surface area contributed by atoms with Gasteiger partial charge in [0.25, 0.3) is 0 Å². The Labute approximate surface area is 273 Å². The average Bonchev–Trinajstić information content (AvgIpc) is 3.04. The number of methoxy groups -OCH3 is 1. The molecule has 0 atom stereocenters. The molecule has 0 radical (unpaired) electrons. The molecule has 1 aromatic carbocycles. The third-order valence-electron chi connectivity index (χ3n) is 8.88. The van der Waals surface area contributed by atoms with Gasteiger partial charge in [0.15, 0.2) is 11.5 Å². The van der Waals surface area contributed by atoms with E-state index in [4.69, 9.17) is 14.2 Å². The second-order valence-corrected chi connectivity index (χ2v) is 13.0. The van der Waals surface area contributed by atoms with E-state index >= 15 is 0 Å². The summed E-state index contributed by atoms with van der Waals surface area (Å²) in [5.41, 5.74) is 0.507. The number of unbranched alkanes of at least 4 members (excludes halogenated alkanes) is 26. The molecule has 44 heavy (non-hydrogen) atoms. The van der Waals surface area contributed by atoms with Crippen molar-refractivity contribution in [3.63, 3.8) is 0 Å². The van der Waals surface area contributed by atoms with Crippen LogP contribution in [0.5, 0.6) is 11.5 Å². The summed E-state index contributed by atoms with van der Waals surface area (Å²) in [5.74, 6) is 1.05. The molecule has 0 spiro atoms. The van der Waals surface area contributed by atoms with Crippen molar-refractivity contribution in [1.29, 1.82) is 0 Å². The second kappa shape index (κ2) is 31.3. The molecule has 0 saturated heterocycles. The molecule has 4 nitrogen and oxygen atoms in total. The SMILES string of the molecule is CCCCCCCCCCCCCCCCOc1ccc(C(=O)OC)cc1OCCCCCCCCCCCCCCCC. The first-order valence-electron chi connectivity index (χ1n) is 19.2. The largest absolute Gasteiger partial charge is 0.490 e. The zero-order chi connectivity index (χ0) is 31.8. The van der Waals surface area contributed by atoms with Crippen LogP contribution in [-0.2, 0) is 4.74 Å². The molecule has 4 heteroatoms. The van der Waals surface area contributed by atoms with Gasteiger partial charge in [0, 0.05) is 0 Å². The minimum Gasteiger partial charge on any atom is -0.490 e. The predicted molar refractivity (Wildman–Crippen MR) is 189 cm³/mol. The van der Waals surface area contributed by atoms with Crippen molar-refractivity contribution in [3.8, 4) is 11.5 Å². The van der Waals surface area contributed by atoms with E-state index in [9.17, 15) is 4.79 Å². The molecule has 0 aliphatic rings. The van der Waals surface area contributed by atoms with E-state index in [0.29, 0.717) is 24.5 Å². The van der Waals surface area contributed by atoms with Crippen molar-refractivity contribution >= 4 is 5.97 Å². The van der Waals surface area contributed by atoms with E-state index < -0.39 is 0 Å². The van der Waals surface area contributed by atoms with Crippen molar-refractivity contribution in [2.45, 2.75) is 194 Å². The van der Waals surface area contributed by atoms with Crippen molar-refractivity contribution < 1.29 is 19.0 Å². The van der Waals surface area contributed by atoms with Gasteiger partial charge >= 0.3 is 5.97 Å². The number of rotatable bonds is 33. The topological polar surface area (TPSA) is 44.8 Å². The first-order chi connectivity index (χ1) is 21.7. The molecule has 256 valence electrons. The maximum atomic E-state index is 12.1. The van der Waals surface area contributed by atoms with Crippen molar-refractivity contribution in [1.82, 2.24) is 0 Å². The maximum Gasteiger partial charge on any atom is 0.337 e. The minimum atomic E-state index is -0.343. The Morgan fingerprint density at radius 3 is 1.11 bits per heavy atom. The van der Waals surface area contributed by atoms with Crippen LogP contribution in [0.2, 0.25) is 0 Å². The molecule has 0 aliphatic heterocycles. The van der Waals surface area contributed by atoms with Gasteiger partial charge in [-0.05, 0) is 31.0 Å². The zero-order valence-corrected chi connectivity index (χ0v) is 29.6. The fourth-order valence-electron chi connectivity index (χ4n) is 5.94. The lowest BCUT2D eigenvalue weighted by molar-refractivity contribution is 0.0600. The minimum absolute atomic E-state index is 0.343. The molecule has 0 bridgehead atoms. The molecule has 0 unspecified atom stereocenters. The van der Waals surface area contributed by atoms with Crippen LogP contribution in [0, 0.1) is 0 Å². The highest BCUT2D eigenvalue weighted by Gasteiger charge is 2.12.